The Hall–Kier alpha value is -2.31. The molecule has 0 aliphatic heterocycles. The van der Waals surface area contributed by atoms with Crippen LogP contribution in [-0.2, 0) is 6.61 Å². The molecule has 0 aliphatic rings. The van der Waals surface area contributed by atoms with Gasteiger partial charge in [0.05, 0.1) is 0 Å². The lowest BCUT2D eigenvalue weighted by molar-refractivity contribution is 0.307. The molecule has 0 saturated heterocycles. The summed E-state index contributed by atoms with van der Waals surface area (Å²) in [6.45, 7) is 11.4. The Labute approximate surface area is 171 Å². The van der Waals surface area contributed by atoms with Gasteiger partial charge in [-0.05, 0) is 50.5 Å². The van der Waals surface area contributed by atoms with Gasteiger partial charge in [-0.15, -0.1) is 0 Å². The topological polar surface area (TPSA) is 12.5 Å². The Morgan fingerprint density at radius 3 is 2.18 bits per heavy atom. The summed E-state index contributed by atoms with van der Waals surface area (Å²) < 4.78 is 6.31. The fourth-order valence-electron chi connectivity index (χ4n) is 3.45. The van der Waals surface area contributed by atoms with Crippen molar-refractivity contribution >= 4 is 24.9 Å². The van der Waals surface area contributed by atoms with Crippen LogP contribution in [0.5, 0.6) is 5.75 Å². The quantitative estimate of drug-likeness (QED) is 0.480. The molecular formula is C25H30NOP. The first kappa shape index (κ1) is 20.4. The summed E-state index contributed by atoms with van der Waals surface area (Å²) in [4.78, 5) is 2.44. The summed E-state index contributed by atoms with van der Waals surface area (Å²) in [7, 11) is 0.569. The van der Waals surface area contributed by atoms with Crippen molar-refractivity contribution in [2.45, 2.75) is 34.3 Å². The number of para-hydroxylation sites is 1. The molecule has 0 heterocycles. The Morgan fingerprint density at radius 1 is 0.786 bits per heavy atom. The molecule has 3 aromatic rings. The zero-order chi connectivity index (χ0) is 19.9. The number of hydrogen-bond acceptors (Lipinski definition) is 2. The third kappa shape index (κ3) is 4.75. The highest BCUT2D eigenvalue weighted by Crippen LogP contribution is 2.29. The molecule has 0 saturated carbocycles. The van der Waals surface area contributed by atoms with Crippen molar-refractivity contribution in [3.8, 4) is 5.75 Å². The molecule has 0 N–H and O–H groups in total. The van der Waals surface area contributed by atoms with Crippen molar-refractivity contribution in [2.24, 2.45) is 0 Å². The molecule has 0 radical (unpaired) electrons. The second kappa shape index (κ2) is 9.75. The van der Waals surface area contributed by atoms with E-state index >= 15 is 0 Å². The van der Waals surface area contributed by atoms with E-state index in [1.165, 1.54) is 33.0 Å². The standard InChI is InChI=1S/C25H30NOP/c1-5-26(6-2)22-16-10-13-20(4)25(22)28-23-17-11-12-19(3)24(23)27-18-21-14-8-7-9-15-21/h7-17,28H,5-6,18H2,1-4H3. The Kier molecular flexibility index (Phi) is 7.12. The lowest BCUT2D eigenvalue weighted by atomic mass is 10.2. The van der Waals surface area contributed by atoms with E-state index in [-0.39, 0.29) is 0 Å². The smallest absolute Gasteiger partial charge is 0.130 e. The summed E-state index contributed by atoms with van der Waals surface area (Å²) in [5.74, 6) is 1.03. The predicted molar refractivity (Wildman–Crippen MR) is 124 cm³/mol. The van der Waals surface area contributed by atoms with E-state index in [0.717, 1.165) is 18.8 Å². The zero-order valence-corrected chi connectivity index (χ0v) is 18.3. The zero-order valence-electron chi connectivity index (χ0n) is 17.3. The highest BCUT2D eigenvalue weighted by Gasteiger charge is 2.15. The molecule has 0 bridgehead atoms. The first-order valence-corrected chi connectivity index (χ1v) is 11.0. The lowest BCUT2D eigenvalue weighted by Crippen LogP contribution is -2.27. The molecule has 2 nitrogen and oxygen atoms in total. The second-order valence-electron chi connectivity index (χ2n) is 6.99. The maximum atomic E-state index is 6.31. The van der Waals surface area contributed by atoms with Crippen molar-refractivity contribution in [1.82, 2.24) is 0 Å². The van der Waals surface area contributed by atoms with Crippen LogP contribution in [0.15, 0.2) is 66.7 Å². The van der Waals surface area contributed by atoms with E-state index in [1.807, 2.05) is 6.07 Å². The van der Waals surface area contributed by atoms with Crippen molar-refractivity contribution in [2.75, 3.05) is 18.0 Å². The number of aryl methyl sites for hydroxylation is 2. The number of rotatable bonds is 8. The van der Waals surface area contributed by atoms with Crippen LogP contribution in [0, 0.1) is 13.8 Å². The van der Waals surface area contributed by atoms with Gasteiger partial charge in [0.25, 0.3) is 0 Å². The van der Waals surface area contributed by atoms with E-state index in [4.69, 9.17) is 4.74 Å². The summed E-state index contributed by atoms with van der Waals surface area (Å²) in [6, 6.07) is 23.5. The molecule has 3 rings (SSSR count). The average molecular weight is 391 g/mol. The Morgan fingerprint density at radius 2 is 1.46 bits per heavy atom. The molecule has 1 unspecified atom stereocenters. The maximum absolute atomic E-state index is 6.31. The van der Waals surface area contributed by atoms with E-state index in [9.17, 15) is 0 Å². The van der Waals surface area contributed by atoms with Gasteiger partial charge in [0, 0.05) is 29.4 Å². The molecule has 146 valence electrons. The van der Waals surface area contributed by atoms with Gasteiger partial charge in [-0.2, -0.15) is 0 Å². The molecule has 1 atom stereocenters. The third-order valence-corrected chi connectivity index (χ3v) is 6.62. The largest absolute Gasteiger partial charge is 0.488 e. The fourth-order valence-corrected chi connectivity index (χ4v) is 4.93. The summed E-state index contributed by atoms with van der Waals surface area (Å²) in [6.07, 6.45) is 0. The van der Waals surface area contributed by atoms with Crippen LogP contribution in [0.3, 0.4) is 0 Å². The highest BCUT2D eigenvalue weighted by molar-refractivity contribution is 7.56. The SMILES string of the molecule is CCN(CC)c1cccc(C)c1Pc1cccc(C)c1OCc1ccccc1. The average Bonchev–Trinajstić information content (AvgIpc) is 2.71. The van der Waals surface area contributed by atoms with Gasteiger partial charge in [0.15, 0.2) is 0 Å². The van der Waals surface area contributed by atoms with Gasteiger partial charge in [-0.1, -0.05) is 69.2 Å². The van der Waals surface area contributed by atoms with E-state index < -0.39 is 0 Å². The number of nitrogens with zero attached hydrogens (tertiary/aromatic N) is 1. The van der Waals surface area contributed by atoms with Crippen molar-refractivity contribution in [3.63, 3.8) is 0 Å². The first-order chi connectivity index (χ1) is 13.6. The number of anilines is 1. The van der Waals surface area contributed by atoms with Crippen LogP contribution in [-0.4, -0.2) is 13.1 Å². The first-order valence-electron chi connectivity index (χ1n) is 10.0. The molecule has 0 aliphatic carbocycles. The molecular weight excluding hydrogens is 361 g/mol. The monoisotopic (exact) mass is 391 g/mol. The van der Waals surface area contributed by atoms with E-state index in [2.05, 4.69) is 93.3 Å². The van der Waals surface area contributed by atoms with Crippen LogP contribution in [0.2, 0.25) is 0 Å². The summed E-state index contributed by atoms with van der Waals surface area (Å²) in [5, 5.41) is 2.69. The molecule has 0 fully saturated rings. The summed E-state index contributed by atoms with van der Waals surface area (Å²) >= 11 is 0. The van der Waals surface area contributed by atoms with Crippen LogP contribution >= 0.6 is 8.58 Å². The summed E-state index contributed by atoms with van der Waals surface area (Å²) in [5.41, 5.74) is 5.08. The van der Waals surface area contributed by atoms with Crippen LogP contribution in [0.25, 0.3) is 0 Å². The lowest BCUT2D eigenvalue weighted by Gasteiger charge is -2.26. The molecule has 0 aromatic heterocycles. The van der Waals surface area contributed by atoms with Gasteiger partial charge < -0.3 is 9.64 Å². The Bertz CT molecular complexity index is 904. The number of ether oxygens (including phenoxy) is 1. The normalized spacial score (nSPS) is 11.1. The third-order valence-electron chi connectivity index (χ3n) is 5.05. The minimum Gasteiger partial charge on any atom is -0.488 e. The number of benzene rings is 3. The Balaban J connectivity index is 1.92. The van der Waals surface area contributed by atoms with Crippen LogP contribution in [0.1, 0.15) is 30.5 Å². The van der Waals surface area contributed by atoms with Gasteiger partial charge in [-0.25, -0.2) is 0 Å². The van der Waals surface area contributed by atoms with Crippen molar-refractivity contribution < 1.29 is 4.74 Å². The van der Waals surface area contributed by atoms with Gasteiger partial charge >= 0.3 is 0 Å². The molecule has 3 heteroatoms. The molecule has 3 aromatic carbocycles. The number of hydrogen-bond donors (Lipinski definition) is 0. The van der Waals surface area contributed by atoms with Gasteiger partial charge in [-0.3, -0.25) is 0 Å². The molecule has 0 amide bonds. The fraction of sp³-hybridized carbons (Fsp3) is 0.280. The van der Waals surface area contributed by atoms with Crippen molar-refractivity contribution in [3.05, 3.63) is 83.4 Å². The van der Waals surface area contributed by atoms with Crippen molar-refractivity contribution in [1.29, 1.82) is 0 Å². The minimum absolute atomic E-state index is 0.569. The second-order valence-corrected chi connectivity index (χ2v) is 8.28. The highest BCUT2D eigenvalue weighted by atomic mass is 31.1. The van der Waals surface area contributed by atoms with E-state index in [0.29, 0.717) is 15.2 Å². The minimum atomic E-state index is 0.569. The maximum Gasteiger partial charge on any atom is 0.130 e. The molecule has 0 spiro atoms. The predicted octanol–water partition coefficient (Wildman–Crippen LogP) is 5.36. The van der Waals surface area contributed by atoms with Gasteiger partial charge in [0.1, 0.15) is 12.4 Å². The van der Waals surface area contributed by atoms with Crippen LogP contribution in [0.4, 0.5) is 5.69 Å². The molecule has 28 heavy (non-hydrogen) atoms. The van der Waals surface area contributed by atoms with Crippen LogP contribution < -0.4 is 20.2 Å². The van der Waals surface area contributed by atoms with E-state index in [1.54, 1.807) is 0 Å². The van der Waals surface area contributed by atoms with Gasteiger partial charge in [0.2, 0.25) is 0 Å².